The minimum atomic E-state index is -0.554. The fourth-order valence-electron chi connectivity index (χ4n) is 2.84. The summed E-state index contributed by atoms with van der Waals surface area (Å²) in [6.45, 7) is 3.49. The molecule has 0 radical (unpaired) electrons. The largest absolute Gasteiger partial charge is 0.486 e. The van der Waals surface area contributed by atoms with E-state index in [0.29, 0.717) is 19.0 Å². The molecular weight excluding hydrogens is 334 g/mol. The molecule has 2 rings (SSSR count). The van der Waals surface area contributed by atoms with E-state index in [4.69, 9.17) is 22.1 Å². The van der Waals surface area contributed by atoms with Crippen molar-refractivity contribution in [3.63, 3.8) is 0 Å². The van der Waals surface area contributed by atoms with Crippen LogP contribution in [0, 0.1) is 16.0 Å². The van der Waals surface area contributed by atoms with E-state index in [-0.39, 0.29) is 41.4 Å². The maximum atomic E-state index is 12.2. The zero-order chi connectivity index (χ0) is 17.7. The lowest BCUT2D eigenvalue weighted by Crippen LogP contribution is -2.42. The lowest BCUT2D eigenvalue weighted by Gasteiger charge is -2.33. The fraction of sp³-hybridized carbons (Fsp3) is 0.562. The topological polar surface area (TPSA) is 98.7 Å². The SMILES string of the molecule is CC(N)C1CCN(C(=O)CCOc2ccc(Cl)cc2[N+](=O)[O-])CC1. The molecule has 0 bridgehead atoms. The summed E-state index contributed by atoms with van der Waals surface area (Å²) in [6, 6.07) is 4.34. The van der Waals surface area contributed by atoms with Crippen molar-refractivity contribution in [2.45, 2.75) is 32.2 Å². The molecule has 24 heavy (non-hydrogen) atoms. The van der Waals surface area contributed by atoms with Crippen molar-refractivity contribution in [3.05, 3.63) is 33.3 Å². The van der Waals surface area contributed by atoms with Crippen LogP contribution < -0.4 is 10.5 Å². The number of likely N-dealkylation sites (tertiary alicyclic amines) is 1. The van der Waals surface area contributed by atoms with Gasteiger partial charge in [-0.15, -0.1) is 0 Å². The Labute approximate surface area is 145 Å². The van der Waals surface area contributed by atoms with Gasteiger partial charge in [-0.3, -0.25) is 14.9 Å². The third-order valence-electron chi connectivity index (χ3n) is 4.33. The van der Waals surface area contributed by atoms with Gasteiger partial charge in [0.25, 0.3) is 0 Å². The zero-order valence-corrected chi connectivity index (χ0v) is 14.4. The summed E-state index contributed by atoms with van der Waals surface area (Å²) < 4.78 is 5.41. The number of piperidine rings is 1. The molecule has 0 aromatic heterocycles. The van der Waals surface area contributed by atoms with Gasteiger partial charge in [0.1, 0.15) is 0 Å². The Morgan fingerprint density at radius 3 is 2.75 bits per heavy atom. The molecule has 1 fully saturated rings. The molecule has 1 aliphatic rings. The molecule has 1 aromatic rings. The monoisotopic (exact) mass is 355 g/mol. The quantitative estimate of drug-likeness (QED) is 0.624. The van der Waals surface area contributed by atoms with E-state index in [9.17, 15) is 14.9 Å². The standard InChI is InChI=1S/C16H22ClN3O4/c1-11(18)12-4-7-19(8-5-12)16(21)6-9-24-15-3-2-13(17)10-14(15)20(22)23/h2-3,10-12H,4-9,18H2,1H3. The van der Waals surface area contributed by atoms with Crippen LogP contribution in [0.15, 0.2) is 18.2 Å². The molecule has 7 nitrogen and oxygen atoms in total. The predicted molar refractivity (Wildman–Crippen MR) is 91.2 cm³/mol. The molecule has 2 N–H and O–H groups in total. The number of benzene rings is 1. The molecular formula is C16H22ClN3O4. The smallest absolute Gasteiger partial charge is 0.312 e. The van der Waals surface area contributed by atoms with Gasteiger partial charge in [-0.1, -0.05) is 11.6 Å². The van der Waals surface area contributed by atoms with Gasteiger partial charge in [0.15, 0.2) is 5.75 Å². The second kappa shape index (κ2) is 8.30. The molecule has 1 saturated heterocycles. The van der Waals surface area contributed by atoms with E-state index < -0.39 is 4.92 Å². The Morgan fingerprint density at radius 1 is 1.50 bits per heavy atom. The van der Waals surface area contributed by atoms with Gasteiger partial charge in [0.2, 0.25) is 5.91 Å². The number of hydrogen-bond acceptors (Lipinski definition) is 5. The first-order valence-corrected chi connectivity index (χ1v) is 8.36. The number of nitrogens with two attached hydrogens (primary N) is 1. The highest BCUT2D eigenvalue weighted by Crippen LogP contribution is 2.30. The summed E-state index contributed by atoms with van der Waals surface area (Å²) in [5, 5.41) is 11.3. The number of rotatable bonds is 6. The highest BCUT2D eigenvalue weighted by molar-refractivity contribution is 6.30. The number of carbonyl (C=O) groups excluding carboxylic acids is 1. The molecule has 1 amide bonds. The van der Waals surface area contributed by atoms with E-state index in [1.54, 1.807) is 4.90 Å². The number of carbonyl (C=O) groups is 1. The average Bonchev–Trinajstić information content (AvgIpc) is 2.56. The lowest BCUT2D eigenvalue weighted by atomic mass is 9.91. The van der Waals surface area contributed by atoms with Crippen LogP contribution in [0.25, 0.3) is 0 Å². The van der Waals surface area contributed by atoms with Crippen molar-refractivity contribution in [1.29, 1.82) is 0 Å². The number of hydrogen-bond donors (Lipinski definition) is 1. The van der Waals surface area contributed by atoms with E-state index in [1.807, 2.05) is 6.92 Å². The summed E-state index contributed by atoms with van der Waals surface area (Å²) in [5.41, 5.74) is 5.69. The number of nitrogens with zero attached hydrogens (tertiary/aromatic N) is 2. The van der Waals surface area contributed by atoms with Crippen LogP contribution in [0.4, 0.5) is 5.69 Å². The van der Waals surface area contributed by atoms with Crippen molar-refractivity contribution >= 4 is 23.2 Å². The van der Waals surface area contributed by atoms with Gasteiger partial charge in [0, 0.05) is 30.2 Å². The first-order chi connectivity index (χ1) is 11.4. The van der Waals surface area contributed by atoms with E-state index in [0.717, 1.165) is 12.8 Å². The van der Waals surface area contributed by atoms with Crippen molar-refractivity contribution < 1.29 is 14.5 Å². The van der Waals surface area contributed by atoms with Gasteiger partial charge >= 0.3 is 5.69 Å². The molecule has 1 aromatic carbocycles. The van der Waals surface area contributed by atoms with Crippen LogP contribution in [-0.4, -0.2) is 41.5 Å². The number of nitro groups is 1. The van der Waals surface area contributed by atoms with Crippen molar-refractivity contribution in [3.8, 4) is 5.75 Å². The molecule has 132 valence electrons. The number of amides is 1. The van der Waals surface area contributed by atoms with Gasteiger partial charge in [-0.25, -0.2) is 0 Å². The van der Waals surface area contributed by atoms with Crippen LogP contribution in [0.3, 0.4) is 0 Å². The highest BCUT2D eigenvalue weighted by Gasteiger charge is 2.24. The Morgan fingerprint density at radius 2 is 2.17 bits per heavy atom. The second-order valence-corrected chi connectivity index (χ2v) is 6.48. The third-order valence-corrected chi connectivity index (χ3v) is 4.56. The van der Waals surface area contributed by atoms with Gasteiger partial charge < -0.3 is 15.4 Å². The average molecular weight is 356 g/mol. The number of ether oxygens (including phenoxy) is 1. The lowest BCUT2D eigenvalue weighted by molar-refractivity contribution is -0.385. The Kier molecular flexibility index (Phi) is 6.39. The Bertz CT molecular complexity index is 601. The summed E-state index contributed by atoms with van der Waals surface area (Å²) >= 11 is 5.75. The van der Waals surface area contributed by atoms with Crippen LogP contribution >= 0.6 is 11.6 Å². The third kappa shape index (κ3) is 4.82. The second-order valence-electron chi connectivity index (χ2n) is 6.04. The minimum Gasteiger partial charge on any atom is -0.486 e. The van der Waals surface area contributed by atoms with Gasteiger partial charge in [-0.2, -0.15) is 0 Å². The van der Waals surface area contributed by atoms with E-state index >= 15 is 0 Å². The number of halogens is 1. The van der Waals surface area contributed by atoms with Crippen LogP contribution in [0.1, 0.15) is 26.2 Å². The maximum absolute atomic E-state index is 12.2. The van der Waals surface area contributed by atoms with Crippen LogP contribution in [0.5, 0.6) is 5.75 Å². The maximum Gasteiger partial charge on any atom is 0.312 e. The van der Waals surface area contributed by atoms with Gasteiger partial charge in [-0.05, 0) is 37.8 Å². The molecule has 0 saturated carbocycles. The Balaban J connectivity index is 1.82. The van der Waals surface area contributed by atoms with Crippen molar-refractivity contribution in [2.24, 2.45) is 11.7 Å². The van der Waals surface area contributed by atoms with Crippen molar-refractivity contribution in [1.82, 2.24) is 4.90 Å². The zero-order valence-electron chi connectivity index (χ0n) is 13.6. The molecule has 1 aliphatic heterocycles. The van der Waals surface area contributed by atoms with Gasteiger partial charge in [0.05, 0.1) is 18.0 Å². The molecule has 0 aliphatic carbocycles. The molecule has 1 atom stereocenters. The minimum absolute atomic E-state index is 0.00487. The van der Waals surface area contributed by atoms with E-state index in [2.05, 4.69) is 0 Å². The van der Waals surface area contributed by atoms with Crippen LogP contribution in [-0.2, 0) is 4.79 Å². The fourth-order valence-corrected chi connectivity index (χ4v) is 3.00. The summed E-state index contributed by atoms with van der Waals surface area (Å²) in [6.07, 6.45) is 2.00. The molecule has 0 spiro atoms. The summed E-state index contributed by atoms with van der Waals surface area (Å²) in [7, 11) is 0. The van der Waals surface area contributed by atoms with E-state index in [1.165, 1.54) is 18.2 Å². The normalized spacial score (nSPS) is 16.7. The summed E-state index contributed by atoms with van der Waals surface area (Å²) in [4.78, 5) is 24.4. The number of nitro benzene ring substituents is 1. The first-order valence-electron chi connectivity index (χ1n) is 7.98. The first kappa shape index (κ1) is 18.5. The molecule has 1 unspecified atom stereocenters. The van der Waals surface area contributed by atoms with Crippen LogP contribution in [0.2, 0.25) is 5.02 Å². The predicted octanol–water partition coefficient (Wildman–Crippen LogP) is 2.60. The molecule has 1 heterocycles. The van der Waals surface area contributed by atoms with Crippen molar-refractivity contribution in [2.75, 3.05) is 19.7 Å². The molecule has 8 heteroatoms. The summed E-state index contributed by atoms with van der Waals surface area (Å²) in [5.74, 6) is 0.574. The Hall–Kier alpha value is -1.86. The highest BCUT2D eigenvalue weighted by atomic mass is 35.5.